The smallest absolute Gasteiger partial charge is 0.193 e. The van der Waals surface area contributed by atoms with Crippen molar-refractivity contribution >= 4 is 32.8 Å². The Kier molecular flexibility index (Phi) is 1.32. The van der Waals surface area contributed by atoms with Gasteiger partial charge in [0.05, 0.1) is 0 Å². The lowest BCUT2D eigenvalue weighted by Crippen LogP contribution is -1.84. The van der Waals surface area contributed by atoms with Crippen LogP contribution in [0, 0.1) is 0 Å². The number of nitrogens with zero attached hydrogens (tertiary/aromatic N) is 2. The number of nitrogens with two attached hydrogens (primary N) is 1. The quantitative estimate of drug-likeness (QED) is 0.722. The monoisotopic (exact) mass is 213 g/mol. The summed E-state index contributed by atoms with van der Waals surface area (Å²) in [5.41, 5.74) is 6.64. The van der Waals surface area contributed by atoms with Crippen LogP contribution in [0.25, 0.3) is 11.1 Å². The zero-order chi connectivity index (χ0) is 7.84. The van der Waals surface area contributed by atoms with E-state index >= 15 is 0 Å². The molecular formula is C6H4BrN3O. The van der Waals surface area contributed by atoms with Gasteiger partial charge < -0.3 is 10.3 Å². The summed E-state index contributed by atoms with van der Waals surface area (Å²) in [7, 11) is 0. The fourth-order valence-corrected chi connectivity index (χ4v) is 1.13. The van der Waals surface area contributed by atoms with Crippen molar-refractivity contribution < 1.29 is 4.52 Å². The van der Waals surface area contributed by atoms with Crippen LogP contribution in [-0.4, -0.2) is 10.1 Å². The molecule has 0 aliphatic heterocycles. The fourth-order valence-electron chi connectivity index (χ4n) is 0.824. The van der Waals surface area contributed by atoms with Crippen LogP contribution in [-0.2, 0) is 0 Å². The Bertz CT molecular complexity index is 398. The predicted octanol–water partition coefficient (Wildman–Crippen LogP) is 1.57. The van der Waals surface area contributed by atoms with Gasteiger partial charge in [-0.1, -0.05) is 5.16 Å². The number of anilines is 1. The van der Waals surface area contributed by atoms with Crippen LogP contribution in [0.4, 0.5) is 5.82 Å². The molecule has 11 heavy (non-hydrogen) atoms. The number of fused-ring (bicyclic) bond motifs is 1. The van der Waals surface area contributed by atoms with Crippen molar-refractivity contribution in [3.63, 3.8) is 0 Å². The zero-order valence-corrected chi connectivity index (χ0v) is 7.00. The van der Waals surface area contributed by atoms with Gasteiger partial charge in [0.25, 0.3) is 0 Å². The number of hydrogen-bond acceptors (Lipinski definition) is 4. The molecule has 56 valence electrons. The van der Waals surface area contributed by atoms with E-state index in [4.69, 9.17) is 10.3 Å². The molecule has 0 aliphatic rings. The van der Waals surface area contributed by atoms with E-state index in [0.29, 0.717) is 16.9 Å². The average Bonchev–Trinajstić information content (AvgIpc) is 2.32. The third-order valence-electron chi connectivity index (χ3n) is 1.30. The molecule has 2 aromatic rings. The molecule has 0 unspecified atom stereocenters. The molecule has 0 atom stereocenters. The molecule has 0 saturated carbocycles. The van der Waals surface area contributed by atoms with Crippen LogP contribution < -0.4 is 5.73 Å². The number of rotatable bonds is 0. The first-order chi connectivity index (χ1) is 5.27. The summed E-state index contributed by atoms with van der Waals surface area (Å²) >= 11 is 3.25. The summed E-state index contributed by atoms with van der Waals surface area (Å²) in [6.07, 6.45) is 1.65. The molecule has 0 bridgehead atoms. The molecule has 0 aliphatic carbocycles. The molecule has 5 heteroatoms. The molecule has 0 saturated heterocycles. The second-order valence-corrected chi connectivity index (χ2v) is 2.98. The van der Waals surface area contributed by atoms with Crippen LogP contribution in [0.1, 0.15) is 0 Å². The summed E-state index contributed by atoms with van der Waals surface area (Å²) in [6.45, 7) is 0. The summed E-state index contributed by atoms with van der Waals surface area (Å²) in [5.74, 6) is 0.326. The summed E-state index contributed by atoms with van der Waals surface area (Å²) < 4.78 is 5.71. The highest BCUT2D eigenvalue weighted by molar-refractivity contribution is 9.10. The predicted molar refractivity (Wildman–Crippen MR) is 43.9 cm³/mol. The number of pyridine rings is 1. The normalized spacial score (nSPS) is 10.6. The first-order valence-corrected chi connectivity index (χ1v) is 3.73. The molecule has 2 aromatic heterocycles. The zero-order valence-electron chi connectivity index (χ0n) is 5.41. The van der Waals surface area contributed by atoms with E-state index in [2.05, 4.69) is 26.1 Å². The summed E-state index contributed by atoms with van der Waals surface area (Å²) in [5, 5.41) is 3.56. The van der Waals surface area contributed by atoms with Gasteiger partial charge >= 0.3 is 0 Å². The molecule has 0 amide bonds. The van der Waals surface area contributed by atoms with Gasteiger partial charge in [-0.25, -0.2) is 4.98 Å². The number of aromatic nitrogens is 2. The highest BCUT2D eigenvalue weighted by Gasteiger charge is 2.04. The van der Waals surface area contributed by atoms with Gasteiger partial charge in [-0.2, -0.15) is 0 Å². The van der Waals surface area contributed by atoms with E-state index in [1.54, 1.807) is 12.3 Å². The SMILES string of the molecule is Nc1noc2cc(Br)cnc12. The van der Waals surface area contributed by atoms with E-state index < -0.39 is 0 Å². The van der Waals surface area contributed by atoms with Gasteiger partial charge in [0.1, 0.15) is 0 Å². The molecule has 2 N–H and O–H groups in total. The van der Waals surface area contributed by atoms with E-state index in [1.165, 1.54) is 0 Å². The molecule has 0 spiro atoms. The minimum absolute atomic E-state index is 0.326. The maximum atomic E-state index is 5.44. The first kappa shape index (κ1) is 6.60. The van der Waals surface area contributed by atoms with Crippen LogP contribution in [0.15, 0.2) is 21.3 Å². The Morgan fingerprint density at radius 2 is 2.36 bits per heavy atom. The minimum atomic E-state index is 0.326. The summed E-state index contributed by atoms with van der Waals surface area (Å²) in [6, 6.07) is 1.77. The van der Waals surface area contributed by atoms with E-state index in [0.717, 1.165) is 4.47 Å². The second-order valence-electron chi connectivity index (χ2n) is 2.07. The summed E-state index contributed by atoms with van der Waals surface area (Å²) in [4.78, 5) is 4.01. The largest absolute Gasteiger partial charge is 0.379 e. The lowest BCUT2D eigenvalue weighted by molar-refractivity contribution is 0.460. The Balaban J connectivity index is 2.86. The van der Waals surface area contributed by atoms with Crippen molar-refractivity contribution in [3.8, 4) is 0 Å². The van der Waals surface area contributed by atoms with Gasteiger partial charge in [-0.3, -0.25) is 0 Å². The third-order valence-corrected chi connectivity index (χ3v) is 1.74. The molecule has 0 aromatic carbocycles. The average molecular weight is 214 g/mol. The number of hydrogen-bond donors (Lipinski definition) is 1. The van der Waals surface area contributed by atoms with Crippen molar-refractivity contribution in [2.45, 2.75) is 0 Å². The number of nitrogen functional groups attached to an aromatic ring is 1. The van der Waals surface area contributed by atoms with Crippen LogP contribution in [0.5, 0.6) is 0 Å². The Hall–Kier alpha value is -1.10. The lowest BCUT2D eigenvalue weighted by atomic mass is 10.4. The third kappa shape index (κ3) is 0.970. The Labute approximate surface area is 70.5 Å². The fraction of sp³-hybridized carbons (Fsp3) is 0. The van der Waals surface area contributed by atoms with Crippen molar-refractivity contribution in [2.24, 2.45) is 0 Å². The molecular weight excluding hydrogens is 210 g/mol. The molecule has 4 nitrogen and oxygen atoms in total. The second kappa shape index (κ2) is 2.20. The van der Waals surface area contributed by atoms with Crippen molar-refractivity contribution in [2.75, 3.05) is 5.73 Å². The lowest BCUT2D eigenvalue weighted by Gasteiger charge is -1.86. The van der Waals surface area contributed by atoms with Crippen molar-refractivity contribution in [3.05, 3.63) is 16.7 Å². The van der Waals surface area contributed by atoms with E-state index in [1.807, 2.05) is 0 Å². The van der Waals surface area contributed by atoms with Gasteiger partial charge in [-0.05, 0) is 15.9 Å². The van der Waals surface area contributed by atoms with Crippen molar-refractivity contribution in [1.82, 2.24) is 10.1 Å². The highest BCUT2D eigenvalue weighted by Crippen LogP contribution is 2.20. The van der Waals surface area contributed by atoms with Gasteiger partial charge in [0, 0.05) is 16.7 Å². The van der Waals surface area contributed by atoms with E-state index in [-0.39, 0.29) is 0 Å². The highest BCUT2D eigenvalue weighted by atomic mass is 79.9. The van der Waals surface area contributed by atoms with Crippen molar-refractivity contribution in [1.29, 1.82) is 0 Å². The standard InChI is InChI=1S/C6H4BrN3O/c7-3-1-4-5(9-2-3)6(8)10-11-4/h1-2H,(H2,8,10). The van der Waals surface area contributed by atoms with Gasteiger partial charge in [0.2, 0.25) is 0 Å². The minimum Gasteiger partial charge on any atom is -0.379 e. The maximum absolute atomic E-state index is 5.44. The Morgan fingerprint density at radius 3 is 3.18 bits per heavy atom. The maximum Gasteiger partial charge on any atom is 0.193 e. The topological polar surface area (TPSA) is 64.9 Å². The van der Waals surface area contributed by atoms with Crippen LogP contribution in [0.3, 0.4) is 0 Å². The molecule has 2 heterocycles. The number of halogens is 1. The Morgan fingerprint density at radius 1 is 1.55 bits per heavy atom. The van der Waals surface area contributed by atoms with Crippen LogP contribution in [0.2, 0.25) is 0 Å². The molecule has 0 fully saturated rings. The van der Waals surface area contributed by atoms with E-state index in [9.17, 15) is 0 Å². The first-order valence-electron chi connectivity index (χ1n) is 2.94. The molecule has 0 radical (unpaired) electrons. The van der Waals surface area contributed by atoms with Gasteiger partial charge in [0.15, 0.2) is 16.9 Å². The molecule has 2 rings (SSSR count). The van der Waals surface area contributed by atoms with Crippen LogP contribution >= 0.6 is 15.9 Å². The van der Waals surface area contributed by atoms with Gasteiger partial charge in [-0.15, -0.1) is 0 Å².